The number of carbonyl (C=O) groups excluding carboxylic acids is 3. The van der Waals surface area contributed by atoms with Crippen LogP contribution in [-0.4, -0.2) is 47.6 Å². The van der Waals surface area contributed by atoms with E-state index in [1.54, 1.807) is 24.3 Å². The molecule has 9 nitrogen and oxygen atoms in total. The van der Waals surface area contributed by atoms with Gasteiger partial charge >= 0.3 is 0 Å². The van der Waals surface area contributed by atoms with Crippen LogP contribution in [0.5, 0.6) is 0 Å². The zero-order chi connectivity index (χ0) is 26.5. The van der Waals surface area contributed by atoms with Crippen LogP contribution in [0.15, 0.2) is 54.6 Å². The highest BCUT2D eigenvalue weighted by atomic mass is 16.3. The van der Waals surface area contributed by atoms with Crippen molar-refractivity contribution in [2.24, 2.45) is 11.7 Å². The molecule has 0 bridgehead atoms. The van der Waals surface area contributed by atoms with Crippen molar-refractivity contribution in [3.05, 3.63) is 71.3 Å². The molecule has 3 atom stereocenters. The molecular weight excluding hydrogens is 458 g/mol. The van der Waals surface area contributed by atoms with Crippen LogP contribution in [0.2, 0.25) is 0 Å². The number of benzene rings is 2. The number of carbonyl (C=O) groups is 3. The average molecular weight is 498 g/mol. The molecule has 0 aromatic heterocycles. The van der Waals surface area contributed by atoms with Crippen molar-refractivity contribution in [1.82, 2.24) is 21.5 Å². The first-order valence-corrected chi connectivity index (χ1v) is 12.4. The van der Waals surface area contributed by atoms with Crippen LogP contribution >= 0.6 is 0 Å². The fourth-order valence-electron chi connectivity index (χ4n) is 3.58. The molecule has 0 aliphatic carbocycles. The highest BCUT2D eigenvalue weighted by molar-refractivity contribution is 5.94. The van der Waals surface area contributed by atoms with Crippen molar-refractivity contribution in [3.8, 4) is 0 Å². The van der Waals surface area contributed by atoms with E-state index in [0.717, 1.165) is 17.5 Å². The van der Waals surface area contributed by atoms with Crippen molar-refractivity contribution in [2.75, 3.05) is 6.54 Å². The predicted octanol–water partition coefficient (Wildman–Crippen LogP) is 1.41. The molecule has 0 spiro atoms. The summed E-state index contributed by atoms with van der Waals surface area (Å²) >= 11 is 0. The Balaban J connectivity index is 1.92. The second-order valence-electron chi connectivity index (χ2n) is 9.28. The predicted molar refractivity (Wildman–Crippen MR) is 140 cm³/mol. The van der Waals surface area contributed by atoms with E-state index in [9.17, 15) is 19.5 Å². The molecule has 2 aromatic carbocycles. The third-order valence-corrected chi connectivity index (χ3v) is 5.59. The Bertz CT molecular complexity index is 966. The highest BCUT2D eigenvalue weighted by Crippen LogP contribution is 2.09. The lowest BCUT2D eigenvalue weighted by atomic mass is 9.99. The zero-order valence-electron chi connectivity index (χ0n) is 21.3. The normalized spacial score (nSPS) is 13.5. The third kappa shape index (κ3) is 9.77. The Morgan fingerprint density at radius 3 is 2.22 bits per heavy atom. The maximum atomic E-state index is 12.9. The Labute approximate surface area is 213 Å². The molecule has 0 radical (unpaired) electrons. The van der Waals surface area contributed by atoms with Gasteiger partial charge in [-0.05, 0) is 48.4 Å². The van der Waals surface area contributed by atoms with E-state index in [4.69, 9.17) is 5.73 Å². The number of rotatable bonds is 14. The van der Waals surface area contributed by atoms with E-state index in [1.807, 2.05) is 51.1 Å². The van der Waals surface area contributed by atoms with E-state index in [1.165, 1.54) is 0 Å². The summed E-state index contributed by atoms with van der Waals surface area (Å²) in [5.41, 5.74) is 13.7. The van der Waals surface area contributed by atoms with Gasteiger partial charge in [0.05, 0.1) is 0 Å². The lowest BCUT2D eigenvalue weighted by Gasteiger charge is -2.24. The topological polar surface area (TPSA) is 146 Å². The van der Waals surface area contributed by atoms with Crippen LogP contribution in [0.4, 0.5) is 0 Å². The number of hydrogen-bond donors (Lipinski definition) is 6. The van der Waals surface area contributed by atoms with Gasteiger partial charge in [-0.15, -0.1) is 0 Å². The molecule has 0 saturated carbocycles. The summed E-state index contributed by atoms with van der Waals surface area (Å²) in [5.74, 6) is -1.13. The molecule has 196 valence electrons. The molecule has 7 N–H and O–H groups in total. The second kappa shape index (κ2) is 15.0. The summed E-state index contributed by atoms with van der Waals surface area (Å²) in [4.78, 5) is 37.6. The molecule has 0 saturated heterocycles. The number of nitrogens with one attached hydrogen (secondary N) is 4. The van der Waals surface area contributed by atoms with Crippen LogP contribution < -0.4 is 27.2 Å². The zero-order valence-corrected chi connectivity index (χ0v) is 21.3. The molecule has 3 amide bonds. The molecular formula is C27H39N5O4. The van der Waals surface area contributed by atoms with E-state index in [-0.39, 0.29) is 24.3 Å². The fourth-order valence-corrected chi connectivity index (χ4v) is 3.58. The smallest absolute Gasteiger partial charge is 0.265 e. The minimum Gasteiger partial charge on any atom is -0.382 e. The van der Waals surface area contributed by atoms with Crippen molar-refractivity contribution in [2.45, 2.75) is 64.8 Å². The highest BCUT2D eigenvalue weighted by Gasteiger charge is 2.28. The fraction of sp³-hybridized carbons (Fsp3) is 0.444. The summed E-state index contributed by atoms with van der Waals surface area (Å²) in [6, 6.07) is 14.6. The molecule has 0 unspecified atom stereocenters. The van der Waals surface area contributed by atoms with E-state index >= 15 is 0 Å². The molecule has 0 aliphatic heterocycles. The molecule has 0 heterocycles. The van der Waals surface area contributed by atoms with Gasteiger partial charge in [-0.3, -0.25) is 19.8 Å². The van der Waals surface area contributed by atoms with E-state index in [2.05, 4.69) is 21.5 Å². The Hall–Kier alpha value is -3.27. The first-order chi connectivity index (χ1) is 17.2. The van der Waals surface area contributed by atoms with Gasteiger partial charge in [0.15, 0.2) is 0 Å². The van der Waals surface area contributed by atoms with Crippen LogP contribution in [0.1, 0.15) is 55.1 Å². The first kappa shape index (κ1) is 29.0. The average Bonchev–Trinajstić information content (AvgIpc) is 2.87. The minimum atomic E-state index is -1.45. The maximum absolute atomic E-state index is 12.9. The lowest BCUT2D eigenvalue weighted by Crippen LogP contribution is -2.54. The van der Waals surface area contributed by atoms with Gasteiger partial charge in [0, 0.05) is 24.7 Å². The quantitative estimate of drug-likeness (QED) is 0.172. The van der Waals surface area contributed by atoms with E-state index < -0.39 is 24.1 Å². The van der Waals surface area contributed by atoms with Crippen molar-refractivity contribution in [1.29, 1.82) is 0 Å². The third-order valence-electron chi connectivity index (χ3n) is 5.59. The van der Waals surface area contributed by atoms with Gasteiger partial charge in [0.25, 0.3) is 11.8 Å². The number of nitrogens with two attached hydrogens (primary N) is 1. The summed E-state index contributed by atoms with van der Waals surface area (Å²) in [7, 11) is 0. The standard InChI is InChI=1S/C27H39N5O4/c1-4-14-30-32-25(34)21-12-10-20(11-13-21)17-29-26(35)23(15-18(2)3)31-27(36)24(33)22(28)16-19-8-6-5-7-9-19/h5-13,18,22-24,30,33H,4,14-17,28H2,1-3H3,(H,29,35)(H,31,36)(H,32,34)/t22-,23-,24+/m0/s1. The molecule has 36 heavy (non-hydrogen) atoms. The maximum Gasteiger partial charge on any atom is 0.265 e. The molecule has 2 rings (SSSR count). The number of hydrogen-bond acceptors (Lipinski definition) is 6. The summed E-state index contributed by atoms with van der Waals surface area (Å²) in [5, 5.41) is 15.9. The van der Waals surface area contributed by atoms with Gasteiger partial charge in [0.1, 0.15) is 12.1 Å². The van der Waals surface area contributed by atoms with Gasteiger partial charge in [-0.2, -0.15) is 0 Å². The van der Waals surface area contributed by atoms with Gasteiger partial charge in [-0.25, -0.2) is 5.43 Å². The first-order valence-electron chi connectivity index (χ1n) is 12.4. The van der Waals surface area contributed by atoms with Crippen LogP contribution in [-0.2, 0) is 22.6 Å². The summed E-state index contributed by atoms with van der Waals surface area (Å²) < 4.78 is 0. The van der Waals surface area contributed by atoms with Crippen LogP contribution in [0.25, 0.3) is 0 Å². The lowest BCUT2D eigenvalue weighted by molar-refractivity contribution is -0.135. The van der Waals surface area contributed by atoms with Gasteiger partial charge in [-0.1, -0.05) is 63.2 Å². The SMILES string of the molecule is CCCNNC(=O)c1ccc(CNC(=O)[C@H](CC(C)C)NC(=O)[C@H](O)[C@@H](N)Cc2ccccc2)cc1. The van der Waals surface area contributed by atoms with Crippen molar-refractivity contribution < 1.29 is 19.5 Å². The number of amides is 3. The second-order valence-corrected chi connectivity index (χ2v) is 9.28. The Morgan fingerprint density at radius 1 is 0.944 bits per heavy atom. The number of aliphatic hydroxyl groups is 1. The molecule has 0 fully saturated rings. The van der Waals surface area contributed by atoms with Crippen LogP contribution in [0.3, 0.4) is 0 Å². The summed E-state index contributed by atoms with van der Waals surface area (Å²) in [6.45, 7) is 6.81. The van der Waals surface area contributed by atoms with Crippen molar-refractivity contribution in [3.63, 3.8) is 0 Å². The number of aliphatic hydroxyl groups excluding tert-OH is 1. The monoisotopic (exact) mass is 497 g/mol. The van der Waals surface area contributed by atoms with Gasteiger partial charge < -0.3 is 21.5 Å². The molecule has 0 aliphatic rings. The molecule has 2 aromatic rings. The van der Waals surface area contributed by atoms with E-state index in [0.29, 0.717) is 24.9 Å². The molecule has 9 heteroatoms. The summed E-state index contributed by atoms with van der Waals surface area (Å²) in [6.07, 6.45) is 0.191. The van der Waals surface area contributed by atoms with Crippen LogP contribution in [0, 0.1) is 5.92 Å². The largest absolute Gasteiger partial charge is 0.382 e. The number of hydrazine groups is 1. The Kier molecular flexibility index (Phi) is 12.0. The van der Waals surface area contributed by atoms with Gasteiger partial charge in [0.2, 0.25) is 5.91 Å². The minimum absolute atomic E-state index is 0.135. The Morgan fingerprint density at radius 2 is 1.61 bits per heavy atom. The van der Waals surface area contributed by atoms with Crippen molar-refractivity contribution >= 4 is 17.7 Å².